The molecular formula is C13H19Cl2NO3. The highest BCUT2D eigenvalue weighted by Crippen LogP contribution is 2.27. The fourth-order valence-corrected chi connectivity index (χ4v) is 1.75. The molecule has 108 valence electrons. The smallest absolute Gasteiger partial charge is 0.138 e. The first-order valence-electron chi connectivity index (χ1n) is 5.96. The number of hydrogen-bond donors (Lipinski definition) is 3. The van der Waals surface area contributed by atoms with E-state index in [1.807, 2.05) is 13.8 Å². The summed E-state index contributed by atoms with van der Waals surface area (Å²) in [7, 11) is 0. The number of halogens is 2. The largest absolute Gasteiger partial charge is 0.489 e. The minimum atomic E-state index is -0.697. The normalized spacial score (nSPS) is 13.4. The Kier molecular flexibility index (Phi) is 6.36. The molecule has 0 amide bonds. The molecule has 0 unspecified atom stereocenters. The van der Waals surface area contributed by atoms with Gasteiger partial charge in [-0.25, -0.2) is 0 Å². The van der Waals surface area contributed by atoms with Gasteiger partial charge in [-0.2, -0.15) is 0 Å². The number of benzene rings is 1. The van der Waals surface area contributed by atoms with Crippen LogP contribution < -0.4 is 10.1 Å². The Morgan fingerprint density at radius 1 is 1.37 bits per heavy atom. The van der Waals surface area contributed by atoms with Crippen molar-refractivity contribution < 1.29 is 14.9 Å². The summed E-state index contributed by atoms with van der Waals surface area (Å²) in [4.78, 5) is 0. The maximum Gasteiger partial charge on any atom is 0.138 e. The molecule has 4 nitrogen and oxygen atoms in total. The van der Waals surface area contributed by atoms with Crippen molar-refractivity contribution >= 4 is 23.2 Å². The van der Waals surface area contributed by atoms with Crippen LogP contribution in [0.1, 0.15) is 13.8 Å². The fourth-order valence-electron chi connectivity index (χ4n) is 1.29. The summed E-state index contributed by atoms with van der Waals surface area (Å²) in [5, 5.41) is 22.8. The van der Waals surface area contributed by atoms with Crippen molar-refractivity contribution in [2.75, 3.05) is 19.8 Å². The maximum atomic E-state index is 9.78. The summed E-state index contributed by atoms with van der Waals surface area (Å²) >= 11 is 11.7. The zero-order chi connectivity index (χ0) is 14.5. The van der Waals surface area contributed by atoms with Crippen molar-refractivity contribution in [2.24, 2.45) is 0 Å². The maximum absolute atomic E-state index is 9.78. The van der Waals surface area contributed by atoms with E-state index in [2.05, 4.69) is 5.32 Å². The lowest BCUT2D eigenvalue weighted by Gasteiger charge is -2.25. The Labute approximate surface area is 123 Å². The minimum absolute atomic E-state index is 0.0103. The van der Waals surface area contributed by atoms with Gasteiger partial charge in [0, 0.05) is 17.1 Å². The zero-order valence-corrected chi connectivity index (χ0v) is 12.5. The van der Waals surface area contributed by atoms with E-state index >= 15 is 0 Å². The molecule has 0 bridgehead atoms. The molecule has 1 aromatic carbocycles. The summed E-state index contributed by atoms with van der Waals surface area (Å²) in [6.07, 6.45) is -0.697. The van der Waals surface area contributed by atoms with Crippen molar-refractivity contribution in [1.29, 1.82) is 0 Å². The molecule has 6 heteroatoms. The lowest BCUT2D eigenvalue weighted by molar-refractivity contribution is 0.0907. The van der Waals surface area contributed by atoms with E-state index in [1.165, 1.54) is 0 Å². The van der Waals surface area contributed by atoms with Gasteiger partial charge in [0.15, 0.2) is 0 Å². The van der Waals surface area contributed by atoms with E-state index < -0.39 is 11.6 Å². The van der Waals surface area contributed by atoms with Gasteiger partial charge in [-0.3, -0.25) is 0 Å². The third kappa shape index (κ3) is 5.97. The first-order valence-corrected chi connectivity index (χ1v) is 6.71. The Hall–Kier alpha value is -0.520. The van der Waals surface area contributed by atoms with Gasteiger partial charge in [0.2, 0.25) is 0 Å². The molecule has 0 spiro atoms. The Morgan fingerprint density at radius 2 is 2.05 bits per heavy atom. The SMILES string of the molecule is CC(C)(CO)NC[C@H](O)COc1ccc(Cl)cc1Cl. The number of nitrogens with one attached hydrogen (secondary N) is 1. The molecule has 1 aromatic rings. The number of ether oxygens (including phenoxy) is 1. The molecule has 1 atom stereocenters. The summed E-state index contributed by atoms with van der Waals surface area (Å²) in [5.74, 6) is 0.478. The average Bonchev–Trinajstić information content (AvgIpc) is 2.35. The fraction of sp³-hybridized carbons (Fsp3) is 0.538. The molecule has 0 heterocycles. The van der Waals surface area contributed by atoms with E-state index in [9.17, 15) is 5.11 Å². The van der Waals surface area contributed by atoms with Crippen LogP contribution in [0.25, 0.3) is 0 Å². The second-order valence-electron chi connectivity index (χ2n) is 4.96. The molecule has 0 fully saturated rings. The molecule has 0 aromatic heterocycles. The topological polar surface area (TPSA) is 61.7 Å². The monoisotopic (exact) mass is 307 g/mol. The van der Waals surface area contributed by atoms with Crippen molar-refractivity contribution in [3.63, 3.8) is 0 Å². The van der Waals surface area contributed by atoms with Gasteiger partial charge in [0.05, 0.1) is 11.6 Å². The van der Waals surface area contributed by atoms with Gasteiger partial charge in [-0.15, -0.1) is 0 Å². The molecule has 0 saturated carbocycles. The van der Waals surface area contributed by atoms with Crippen molar-refractivity contribution in [3.8, 4) is 5.75 Å². The van der Waals surface area contributed by atoms with Crippen LogP contribution in [0, 0.1) is 0 Å². The number of aliphatic hydroxyl groups excluding tert-OH is 2. The summed E-state index contributed by atoms with van der Waals surface area (Å²) in [6.45, 7) is 4.10. The standard InChI is InChI=1S/C13H19Cl2NO3/c1-13(2,8-17)16-6-10(18)7-19-12-4-3-9(14)5-11(12)15/h3-5,10,16-18H,6-8H2,1-2H3/t10-/m0/s1. The first-order chi connectivity index (χ1) is 8.84. The first kappa shape index (κ1) is 16.5. The van der Waals surface area contributed by atoms with Gasteiger partial charge in [0.1, 0.15) is 18.5 Å². The van der Waals surface area contributed by atoms with Crippen LogP contribution in [0.2, 0.25) is 10.0 Å². The zero-order valence-electron chi connectivity index (χ0n) is 11.0. The number of rotatable bonds is 7. The van der Waals surface area contributed by atoms with Crippen LogP contribution in [0.3, 0.4) is 0 Å². The summed E-state index contributed by atoms with van der Waals surface area (Å²) in [6, 6.07) is 4.91. The lowest BCUT2D eigenvalue weighted by atomic mass is 10.1. The van der Waals surface area contributed by atoms with Gasteiger partial charge >= 0.3 is 0 Å². The Bertz CT molecular complexity index is 413. The minimum Gasteiger partial charge on any atom is -0.489 e. The summed E-state index contributed by atoms with van der Waals surface area (Å²) in [5.41, 5.74) is -0.432. The average molecular weight is 308 g/mol. The molecule has 1 rings (SSSR count). The number of β-amino-alcohol motifs (C(OH)–C–C–N with tert-alkyl or cyclic N) is 1. The van der Waals surface area contributed by atoms with Crippen LogP contribution in [0.15, 0.2) is 18.2 Å². The molecule has 0 saturated heterocycles. The third-order valence-electron chi connectivity index (χ3n) is 2.54. The predicted molar refractivity (Wildman–Crippen MR) is 77.1 cm³/mol. The molecule has 19 heavy (non-hydrogen) atoms. The molecule has 0 aliphatic carbocycles. The van der Waals surface area contributed by atoms with Gasteiger partial charge in [0.25, 0.3) is 0 Å². The highest BCUT2D eigenvalue weighted by Gasteiger charge is 2.17. The van der Waals surface area contributed by atoms with Gasteiger partial charge in [-0.1, -0.05) is 23.2 Å². The molecule has 3 N–H and O–H groups in total. The van der Waals surface area contributed by atoms with Crippen LogP contribution in [0.5, 0.6) is 5.75 Å². The number of hydrogen-bond acceptors (Lipinski definition) is 4. The van der Waals surface area contributed by atoms with E-state index in [4.69, 9.17) is 33.0 Å². The Morgan fingerprint density at radius 3 is 2.63 bits per heavy atom. The van der Waals surface area contributed by atoms with Gasteiger partial charge < -0.3 is 20.3 Å². The van der Waals surface area contributed by atoms with Crippen LogP contribution in [-0.2, 0) is 0 Å². The van der Waals surface area contributed by atoms with E-state index in [-0.39, 0.29) is 13.2 Å². The highest BCUT2D eigenvalue weighted by atomic mass is 35.5. The predicted octanol–water partition coefficient (Wildman–Crippen LogP) is 2.09. The molecule has 0 aliphatic heterocycles. The van der Waals surface area contributed by atoms with Crippen molar-refractivity contribution in [1.82, 2.24) is 5.32 Å². The third-order valence-corrected chi connectivity index (χ3v) is 3.07. The Balaban J connectivity index is 2.40. The van der Waals surface area contributed by atoms with Gasteiger partial charge in [-0.05, 0) is 32.0 Å². The van der Waals surface area contributed by atoms with Crippen molar-refractivity contribution in [2.45, 2.75) is 25.5 Å². The summed E-state index contributed by atoms with van der Waals surface area (Å²) < 4.78 is 5.41. The van der Waals surface area contributed by atoms with E-state index in [0.717, 1.165) is 0 Å². The lowest BCUT2D eigenvalue weighted by Crippen LogP contribution is -2.47. The van der Waals surface area contributed by atoms with Crippen LogP contribution in [0.4, 0.5) is 0 Å². The quantitative estimate of drug-likeness (QED) is 0.722. The van der Waals surface area contributed by atoms with Crippen LogP contribution in [-0.4, -0.2) is 41.6 Å². The highest BCUT2D eigenvalue weighted by molar-refractivity contribution is 6.35. The van der Waals surface area contributed by atoms with Crippen molar-refractivity contribution in [3.05, 3.63) is 28.2 Å². The second-order valence-corrected chi connectivity index (χ2v) is 5.81. The molecule has 0 radical (unpaired) electrons. The van der Waals surface area contributed by atoms with Crippen LogP contribution >= 0.6 is 23.2 Å². The molecular weight excluding hydrogens is 289 g/mol. The number of aliphatic hydroxyl groups is 2. The van der Waals surface area contributed by atoms with E-state index in [0.29, 0.717) is 22.3 Å². The molecule has 0 aliphatic rings. The van der Waals surface area contributed by atoms with E-state index in [1.54, 1.807) is 18.2 Å². The second kappa shape index (κ2) is 7.31.